The number of halogens is 1. The van der Waals surface area contributed by atoms with E-state index >= 15 is 0 Å². The first-order chi connectivity index (χ1) is 7.11. The summed E-state index contributed by atoms with van der Waals surface area (Å²) in [4.78, 5) is 25.1. The minimum absolute atomic E-state index is 0.304. The Kier molecular flexibility index (Phi) is 2.32. The molecule has 0 aliphatic heterocycles. The maximum Gasteiger partial charge on any atom is 0.289 e. The summed E-state index contributed by atoms with van der Waals surface area (Å²) in [6.45, 7) is 0. The molecule has 0 saturated heterocycles. The molecule has 2 aromatic rings. The molecule has 5 heteroatoms. The monoisotopic (exact) mass is 266 g/mol. The number of fused-ring (bicyclic) bond motifs is 1. The number of aromatic amines is 1. The lowest BCUT2D eigenvalue weighted by Crippen LogP contribution is -2.22. The number of aromatic nitrogens is 1. The van der Waals surface area contributed by atoms with E-state index in [4.69, 9.17) is 5.73 Å². The molecule has 3 N–H and O–H groups in total. The Labute approximate surface area is 93.6 Å². The van der Waals surface area contributed by atoms with Crippen molar-refractivity contribution in [1.82, 2.24) is 4.98 Å². The van der Waals surface area contributed by atoms with Crippen molar-refractivity contribution in [1.29, 1.82) is 0 Å². The third-order valence-corrected chi connectivity index (χ3v) is 2.79. The number of hydrogen-bond acceptors (Lipinski definition) is 2. The van der Waals surface area contributed by atoms with Gasteiger partial charge in [0.15, 0.2) is 0 Å². The summed E-state index contributed by atoms with van der Waals surface area (Å²) < 4.78 is 0.837. The fourth-order valence-corrected chi connectivity index (χ4v) is 1.92. The van der Waals surface area contributed by atoms with Crippen LogP contribution in [-0.4, -0.2) is 16.7 Å². The van der Waals surface area contributed by atoms with Crippen molar-refractivity contribution in [3.05, 3.63) is 34.4 Å². The van der Waals surface area contributed by atoms with Crippen molar-refractivity contribution in [2.24, 2.45) is 5.73 Å². The minimum Gasteiger partial charge on any atom is -0.363 e. The van der Waals surface area contributed by atoms with Crippen LogP contribution in [-0.2, 0) is 4.79 Å². The zero-order valence-corrected chi connectivity index (χ0v) is 9.17. The molecular formula is C10H7BrN2O2. The molecule has 4 nitrogen and oxygen atoms in total. The van der Waals surface area contributed by atoms with Gasteiger partial charge in [-0.1, -0.05) is 12.1 Å². The maximum atomic E-state index is 11.4. The second-order valence-electron chi connectivity index (χ2n) is 3.06. The number of carbonyl (C=O) groups excluding carboxylic acids is 2. The van der Waals surface area contributed by atoms with Crippen molar-refractivity contribution < 1.29 is 9.59 Å². The second kappa shape index (κ2) is 3.51. The Morgan fingerprint density at radius 3 is 2.73 bits per heavy atom. The van der Waals surface area contributed by atoms with Gasteiger partial charge < -0.3 is 10.7 Å². The fourth-order valence-electron chi connectivity index (χ4n) is 1.44. The molecule has 0 bridgehead atoms. The summed E-state index contributed by atoms with van der Waals surface area (Å²) in [5.41, 5.74) is 6.03. The quantitative estimate of drug-likeness (QED) is 0.640. The maximum absolute atomic E-state index is 11.4. The van der Waals surface area contributed by atoms with Gasteiger partial charge >= 0.3 is 0 Å². The summed E-state index contributed by atoms with van der Waals surface area (Å²) in [7, 11) is 0. The molecule has 1 aromatic carbocycles. The van der Waals surface area contributed by atoms with Crippen molar-refractivity contribution in [2.75, 3.05) is 0 Å². The Morgan fingerprint density at radius 1 is 1.33 bits per heavy atom. The number of H-pyrrole nitrogens is 1. The number of ketones is 1. The zero-order chi connectivity index (χ0) is 11.0. The van der Waals surface area contributed by atoms with E-state index in [9.17, 15) is 9.59 Å². The first-order valence-electron chi connectivity index (χ1n) is 4.21. The van der Waals surface area contributed by atoms with E-state index in [1.54, 1.807) is 12.1 Å². The molecule has 0 spiro atoms. The molecule has 15 heavy (non-hydrogen) atoms. The summed E-state index contributed by atoms with van der Waals surface area (Å²) >= 11 is 3.34. The average molecular weight is 267 g/mol. The number of rotatable bonds is 2. The first kappa shape index (κ1) is 9.92. The van der Waals surface area contributed by atoms with Crippen molar-refractivity contribution in [2.45, 2.75) is 0 Å². The lowest BCUT2D eigenvalue weighted by Gasteiger charge is -1.95. The van der Waals surface area contributed by atoms with Crippen LogP contribution in [0.5, 0.6) is 0 Å². The van der Waals surface area contributed by atoms with Crippen molar-refractivity contribution >= 4 is 38.5 Å². The molecular weight excluding hydrogens is 260 g/mol. The number of carbonyl (C=O) groups is 2. The van der Waals surface area contributed by atoms with Gasteiger partial charge in [0.25, 0.3) is 11.7 Å². The number of para-hydroxylation sites is 1. The summed E-state index contributed by atoms with van der Waals surface area (Å²) in [5.74, 6) is -1.63. The lowest BCUT2D eigenvalue weighted by molar-refractivity contribution is -0.114. The smallest absolute Gasteiger partial charge is 0.289 e. The van der Waals surface area contributed by atoms with Crippen LogP contribution < -0.4 is 5.73 Å². The molecule has 1 amide bonds. The van der Waals surface area contributed by atoms with E-state index in [1.165, 1.54) is 6.20 Å². The summed E-state index contributed by atoms with van der Waals surface area (Å²) in [6, 6.07) is 5.39. The van der Waals surface area contributed by atoms with Gasteiger partial charge in [-0.15, -0.1) is 0 Å². The molecule has 1 aromatic heterocycles. The second-order valence-corrected chi connectivity index (χ2v) is 3.91. The summed E-state index contributed by atoms with van der Waals surface area (Å²) in [6.07, 6.45) is 1.49. The average Bonchev–Trinajstić information content (AvgIpc) is 2.61. The number of nitrogens with two attached hydrogens (primary N) is 1. The van der Waals surface area contributed by atoms with Crippen LogP contribution in [0.15, 0.2) is 28.9 Å². The molecule has 0 aliphatic rings. The zero-order valence-electron chi connectivity index (χ0n) is 7.58. The number of nitrogens with one attached hydrogen (secondary N) is 1. The highest BCUT2D eigenvalue weighted by Crippen LogP contribution is 2.25. The first-order valence-corrected chi connectivity index (χ1v) is 5.00. The minimum atomic E-state index is -0.948. The Hall–Kier alpha value is -1.62. The molecule has 0 fully saturated rings. The third-order valence-electron chi connectivity index (χ3n) is 2.13. The molecule has 76 valence electrons. The Morgan fingerprint density at radius 2 is 2.07 bits per heavy atom. The number of benzene rings is 1. The largest absolute Gasteiger partial charge is 0.363 e. The van der Waals surface area contributed by atoms with E-state index in [-0.39, 0.29) is 0 Å². The number of hydrogen-bond donors (Lipinski definition) is 2. The van der Waals surface area contributed by atoms with E-state index in [2.05, 4.69) is 20.9 Å². The van der Waals surface area contributed by atoms with Crippen molar-refractivity contribution in [3.63, 3.8) is 0 Å². The highest BCUT2D eigenvalue weighted by molar-refractivity contribution is 9.10. The Balaban J connectivity index is 2.69. The van der Waals surface area contributed by atoms with Gasteiger partial charge in [0.1, 0.15) is 0 Å². The number of Topliss-reactive ketones (excluding diaryl/α,β-unsaturated/α-hetero) is 1. The number of amides is 1. The topological polar surface area (TPSA) is 76.0 Å². The van der Waals surface area contributed by atoms with Gasteiger partial charge in [-0.25, -0.2) is 0 Å². The Bertz CT molecular complexity index is 560. The molecule has 1 heterocycles. The normalized spacial score (nSPS) is 10.5. The van der Waals surface area contributed by atoms with Crippen LogP contribution in [0.25, 0.3) is 10.9 Å². The van der Waals surface area contributed by atoms with Crippen LogP contribution in [0.2, 0.25) is 0 Å². The highest BCUT2D eigenvalue weighted by Gasteiger charge is 2.17. The highest BCUT2D eigenvalue weighted by atomic mass is 79.9. The fraction of sp³-hybridized carbons (Fsp3) is 0. The van der Waals surface area contributed by atoms with Gasteiger partial charge in [0, 0.05) is 16.1 Å². The molecule has 0 aliphatic carbocycles. The van der Waals surface area contributed by atoms with Gasteiger partial charge in [-0.2, -0.15) is 0 Å². The molecule has 0 atom stereocenters. The van der Waals surface area contributed by atoms with E-state index in [0.29, 0.717) is 10.9 Å². The predicted octanol–water partition coefficient (Wildman–Crippen LogP) is 1.60. The van der Waals surface area contributed by atoms with Crippen LogP contribution in [0.4, 0.5) is 0 Å². The summed E-state index contributed by atoms with van der Waals surface area (Å²) in [5, 5.41) is 0.688. The predicted molar refractivity (Wildman–Crippen MR) is 59.5 cm³/mol. The SMILES string of the molecule is NC(=O)C(=O)c1c[nH]c2c(Br)cccc12. The van der Waals surface area contributed by atoms with Crippen LogP contribution >= 0.6 is 15.9 Å². The molecule has 0 radical (unpaired) electrons. The van der Waals surface area contributed by atoms with Gasteiger partial charge in [-0.3, -0.25) is 9.59 Å². The van der Waals surface area contributed by atoms with Crippen molar-refractivity contribution in [3.8, 4) is 0 Å². The lowest BCUT2D eigenvalue weighted by atomic mass is 10.1. The van der Waals surface area contributed by atoms with E-state index < -0.39 is 11.7 Å². The third kappa shape index (κ3) is 1.55. The number of primary amides is 1. The molecule has 2 rings (SSSR count). The van der Waals surface area contributed by atoms with Crippen LogP contribution in [0, 0.1) is 0 Å². The van der Waals surface area contributed by atoms with Gasteiger partial charge in [0.05, 0.1) is 11.1 Å². The standard InChI is InChI=1S/C10H7BrN2O2/c11-7-3-1-2-5-6(4-13-8(5)7)9(14)10(12)15/h1-4,13H,(H2,12,15). The van der Waals surface area contributed by atoms with Crippen LogP contribution in [0.3, 0.4) is 0 Å². The van der Waals surface area contributed by atoms with E-state index in [1.807, 2.05) is 6.07 Å². The van der Waals surface area contributed by atoms with Gasteiger partial charge in [0.2, 0.25) is 0 Å². The van der Waals surface area contributed by atoms with Gasteiger partial charge in [-0.05, 0) is 22.0 Å². The molecule has 0 unspecified atom stereocenters. The molecule has 0 saturated carbocycles. The van der Waals surface area contributed by atoms with E-state index in [0.717, 1.165) is 9.99 Å². The van der Waals surface area contributed by atoms with Crippen LogP contribution in [0.1, 0.15) is 10.4 Å².